The molecule has 0 aliphatic heterocycles. The maximum absolute atomic E-state index is 10.6. The van der Waals surface area contributed by atoms with Crippen molar-refractivity contribution in [1.82, 2.24) is 0 Å². The molecule has 0 fully saturated rings. The van der Waals surface area contributed by atoms with Crippen LogP contribution in [-0.4, -0.2) is 12.6 Å². The van der Waals surface area contributed by atoms with Crippen molar-refractivity contribution >= 4 is 24.2 Å². The lowest BCUT2D eigenvalue weighted by atomic mass is 9.98. The molecule has 0 amide bonds. The molecule has 0 aliphatic rings. The maximum Gasteiger partial charge on any atom is 0.150 e. The zero-order chi connectivity index (χ0) is 10.6. The number of carbonyl (C=O) groups excluding carboxylic acids is 2. The summed E-state index contributed by atoms with van der Waals surface area (Å²) in [6.45, 7) is 1.79. The number of hydrogen-bond donors (Lipinski definition) is 0. The Bertz CT molecular complexity index is 347. The van der Waals surface area contributed by atoms with Crippen molar-refractivity contribution in [3.8, 4) is 0 Å². The second kappa shape index (κ2) is 4.91. The maximum atomic E-state index is 10.6. The average Bonchev–Trinajstić information content (AvgIpc) is 2.27. The van der Waals surface area contributed by atoms with E-state index in [9.17, 15) is 9.59 Å². The summed E-state index contributed by atoms with van der Waals surface area (Å²) < 4.78 is 0. The van der Waals surface area contributed by atoms with Gasteiger partial charge < -0.3 is 4.79 Å². The molecule has 0 saturated heterocycles. The zero-order valence-corrected chi connectivity index (χ0v) is 8.62. The van der Waals surface area contributed by atoms with E-state index in [0.29, 0.717) is 11.4 Å². The molecule has 3 heteroatoms. The first-order valence-electron chi connectivity index (χ1n) is 4.31. The largest absolute Gasteiger partial charge is 0.303 e. The highest BCUT2D eigenvalue weighted by Crippen LogP contribution is 2.18. The molecule has 0 aliphatic carbocycles. The highest BCUT2D eigenvalue weighted by molar-refractivity contribution is 6.17. The first kappa shape index (κ1) is 10.9. The molecular formula is C11H11ClO2. The van der Waals surface area contributed by atoms with Gasteiger partial charge in [-0.15, -0.1) is 11.6 Å². The summed E-state index contributed by atoms with van der Waals surface area (Å²) in [4.78, 5) is 21.2. The number of aldehydes is 2. The molecule has 0 bridgehead atoms. The molecule has 1 aromatic carbocycles. The van der Waals surface area contributed by atoms with E-state index in [2.05, 4.69) is 0 Å². The Morgan fingerprint density at radius 3 is 2.57 bits per heavy atom. The van der Waals surface area contributed by atoms with Crippen LogP contribution in [0, 0.1) is 0 Å². The molecule has 0 heterocycles. The minimum absolute atomic E-state index is 0.197. The predicted octanol–water partition coefficient (Wildman–Crippen LogP) is 2.54. The molecule has 1 aromatic rings. The van der Waals surface area contributed by atoms with Crippen LogP contribution < -0.4 is 0 Å². The van der Waals surface area contributed by atoms with Crippen LogP contribution in [0.15, 0.2) is 18.2 Å². The Morgan fingerprint density at radius 1 is 1.36 bits per heavy atom. The highest BCUT2D eigenvalue weighted by Gasteiger charge is 2.06. The van der Waals surface area contributed by atoms with Crippen LogP contribution in [0.25, 0.3) is 0 Å². The van der Waals surface area contributed by atoms with Crippen LogP contribution in [0.2, 0.25) is 0 Å². The van der Waals surface area contributed by atoms with Crippen LogP contribution in [0.1, 0.15) is 34.3 Å². The smallest absolute Gasteiger partial charge is 0.150 e. The fourth-order valence-corrected chi connectivity index (χ4v) is 1.39. The van der Waals surface area contributed by atoms with Crippen LogP contribution in [0.4, 0.5) is 0 Å². The minimum atomic E-state index is -0.197. The van der Waals surface area contributed by atoms with Gasteiger partial charge >= 0.3 is 0 Å². The minimum Gasteiger partial charge on any atom is -0.303 e. The monoisotopic (exact) mass is 210 g/mol. The second-order valence-electron chi connectivity index (χ2n) is 3.18. The van der Waals surface area contributed by atoms with E-state index in [1.54, 1.807) is 19.1 Å². The first-order chi connectivity index (χ1) is 6.71. The molecular weight excluding hydrogens is 200 g/mol. The molecule has 1 rings (SSSR count). The van der Waals surface area contributed by atoms with E-state index in [1.165, 1.54) is 0 Å². The van der Waals surface area contributed by atoms with Gasteiger partial charge in [-0.25, -0.2) is 0 Å². The van der Waals surface area contributed by atoms with Crippen molar-refractivity contribution in [2.75, 3.05) is 0 Å². The van der Waals surface area contributed by atoms with Gasteiger partial charge in [0.15, 0.2) is 0 Å². The van der Waals surface area contributed by atoms with Crippen LogP contribution in [0.3, 0.4) is 0 Å². The third-order valence-corrected chi connectivity index (χ3v) is 2.37. The quantitative estimate of drug-likeness (QED) is 0.565. The molecule has 14 heavy (non-hydrogen) atoms. The van der Waals surface area contributed by atoms with E-state index < -0.39 is 0 Å². The lowest BCUT2D eigenvalue weighted by Gasteiger charge is -2.07. The van der Waals surface area contributed by atoms with Gasteiger partial charge in [0.25, 0.3) is 0 Å². The fraction of sp³-hybridized carbons (Fsp3) is 0.273. The van der Waals surface area contributed by atoms with Crippen LogP contribution >= 0.6 is 11.6 Å². The summed E-state index contributed by atoms with van der Waals surface area (Å²) in [5.74, 6) is 0.150. The Kier molecular flexibility index (Phi) is 3.84. The van der Waals surface area contributed by atoms with Gasteiger partial charge in [-0.3, -0.25) is 4.79 Å². The molecule has 74 valence electrons. The molecule has 2 nitrogen and oxygen atoms in total. The van der Waals surface area contributed by atoms with Crippen molar-refractivity contribution in [3.63, 3.8) is 0 Å². The normalized spacial score (nSPS) is 12.1. The summed E-state index contributed by atoms with van der Waals surface area (Å²) in [5.41, 5.74) is 2.26. The van der Waals surface area contributed by atoms with Gasteiger partial charge in [-0.05, 0) is 23.3 Å². The SMILES string of the molecule is CC(C=O)c1cc(C=O)cc(CCl)c1. The molecule has 1 atom stereocenters. The third-order valence-electron chi connectivity index (χ3n) is 2.06. The molecule has 0 spiro atoms. The van der Waals surface area contributed by atoms with Crippen molar-refractivity contribution in [2.45, 2.75) is 18.7 Å². The standard InChI is InChI=1S/C11H11ClO2/c1-8(6-13)11-3-9(5-12)2-10(4-11)7-14/h2-4,6-8H,5H2,1H3. The third kappa shape index (κ3) is 2.42. The summed E-state index contributed by atoms with van der Waals surface area (Å²) in [6.07, 6.45) is 1.61. The lowest BCUT2D eigenvalue weighted by Crippen LogP contribution is -1.97. The fourth-order valence-electron chi connectivity index (χ4n) is 1.23. The Balaban J connectivity index is 3.16. The molecule has 0 N–H and O–H groups in total. The molecule has 1 unspecified atom stereocenters. The van der Waals surface area contributed by atoms with Gasteiger partial charge in [0.2, 0.25) is 0 Å². The van der Waals surface area contributed by atoms with Crippen molar-refractivity contribution < 1.29 is 9.59 Å². The summed E-state index contributed by atoms with van der Waals surface area (Å²) in [7, 11) is 0. The van der Waals surface area contributed by atoms with E-state index in [1.807, 2.05) is 6.07 Å². The number of benzene rings is 1. The summed E-state index contributed by atoms with van der Waals surface area (Å²) in [6, 6.07) is 5.28. The van der Waals surface area contributed by atoms with E-state index in [0.717, 1.165) is 23.7 Å². The van der Waals surface area contributed by atoms with Crippen molar-refractivity contribution in [2.24, 2.45) is 0 Å². The number of halogens is 1. The Hall–Kier alpha value is -1.15. The highest BCUT2D eigenvalue weighted by atomic mass is 35.5. The van der Waals surface area contributed by atoms with Gasteiger partial charge in [-0.2, -0.15) is 0 Å². The summed E-state index contributed by atoms with van der Waals surface area (Å²) in [5, 5.41) is 0. The van der Waals surface area contributed by atoms with Gasteiger partial charge in [-0.1, -0.05) is 13.0 Å². The number of carbonyl (C=O) groups is 2. The van der Waals surface area contributed by atoms with Gasteiger partial charge in [0, 0.05) is 17.4 Å². The second-order valence-corrected chi connectivity index (χ2v) is 3.45. The zero-order valence-electron chi connectivity index (χ0n) is 7.87. The van der Waals surface area contributed by atoms with E-state index in [4.69, 9.17) is 11.6 Å². The molecule has 0 aromatic heterocycles. The van der Waals surface area contributed by atoms with E-state index >= 15 is 0 Å². The Labute approximate surface area is 87.9 Å². The molecule has 0 saturated carbocycles. The number of hydrogen-bond acceptors (Lipinski definition) is 2. The van der Waals surface area contributed by atoms with Crippen molar-refractivity contribution in [3.05, 3.63) is 34.9 Å². The number of rotatable bonds is 4. The average molecular weight is 211 g/mol. The van der Waals surface area contributed by atoms with Gasteiger partial charge in [0.1, 0.15) is 12.6 Å². The lowest BCUT2D eigenvalue weighted by molar-refractivity contribution is -0.108. The van der Waals surface area contributed by atoms with Gasteiger partial charge in [0.05, 0.1) is 0 Å². The Morgan fingerprint density at radius 2 is 2.07 bits per heavy atom. The predicted molar refractivity (Wildman–Crippen MR) is 55.9 cm³/mol. The van der Waals surface area contributed by atoms with Crippen molar-refractivity contribution in [1.29, 1.82) is 0 Å². The van der Waals surface area contributed by atoms with Crippen LogP contribution in [-0.2, 0) is 10.7 Å². The first-order valence-corrected chi connectivity index (χ1v) is 4.85. The summed E-state index contributed by atoms with van der Waals surface area (Å²) >= 11 is 5.67. The van der Waals surface area contributed by atoms with Crippen LogP contribution in [0.5, 0.6) is 0 Å². The topological polar surface area (TPSA) is 34.1 Å². The van der Waals surface area contributed by atoms with E-state index in [-0.39, 0.29) is 5.92 Å². The molecule has 0 radical (unpaired) electrons. The number of alkyl halides is 1.